The highest BCUT2D eigenvalue weighted by molar-refractivity contribution is 6.03. The van der Waals surface area contributed by atoms with Crippen LogP contribution < -0.4 is 0 Å². The molecular formula is C17H16F2N2O3. The molecule has 1 aromatic carbocycles. The van der Waals surface area contributed by atoms with Crippen molar-refractivity contribution in [3.05, 3.63) is 59.0 Å². The molecule has 5 nitrogen and oxygen atoms in total. The Morgan fingerprint density at radius 2 is 2.08 bits per heavy atom. The molecule has 3 rings (SSSR count). The van der Waals surface area contributed by atoms with Crippen LogP contribution in [0.1, 0.15) is 19.4 Å². The Morgan fingerprint density at radius 3 is 2.71 bits per heavy atom. The number of rotatable bonds is 4. The number of allylic oxidation sites excluding steroid dienone is 2. The fourth-order valence-corrected chi connectivity index (χ4v) is 2.64. The number of benzene rings is 1. The van der Waals surface area contributed by atoms with E-state index in [0.29, 0.717) is 11.6 Å². The first-order valence-corrected chi connectivity index (χ1v) is 7.36. The SMILES string of the molecule is CC1=CN2CC(C)(C(=O)O)N=C2C(OCc2c(F)cccc2F)=C1. The fraction of sp³-hybridized carbons (Fsp3) is 0.294. The molecule has 1 N–H and O–H groups in total. The molecule has 0 fully saturated rings. The lowest BCUT2D eigenvalue weighted by Crippen LogP contribution is -2.38. The number of aliphatic imine (C=N–C) groups is 1. The predicted molar refractivity (Wildman–Crippen MR) is 83.2 cm³/mol. The van der Waals surface area contributed by atoms with E-state index in [4.69, 9.17) is 4.74 Å². The third-order valence-corrected chi connectivity index (χ3v) is 3.94. The van der Waals surface area contributed by atoms with Crippen LogP contribution in [0.3, 0.4) is 0 Å². The summed E-state index contributed by atoms with van der Waals surface area (Å²) in [6.07, 6.45) is 3.44. The van der Waals surface area contributed by atoms with Gasteiger partial charge in [-0.15, -0.1) is 0 Å². The Labute approximate surface area is 137 Å². The van der Waals surface area contributed by atoms with Crippen LogP contribution in [0.4, 0.5) is 8.78 Å². The molecule has 0 saturated heterocycles. The zero-order chi connectivity index (χ0) is 17.5. The number of nitrogens with zero attached hydrogens (tertiary/aromatic N) is 2. The number of carboxylic acids is 1. The Hall–Kier alpha value is -2.70. The van der Waals surface area contributed by atoms with Gasteiger partial charge in [-0.25, -0.2) is 18.6 Å². The van der Waals surface area contributed by atoms with Gasteiger partial charge in [-0.1, -0.05) is 6.07 Å². The summed E-state index contributed by atoms with van der Waals surface area (Å²) < 4.78 is 33.0. The zero-order valence-corrected chi connectivity index (χ0v) is 13.2. The molecule has 0 saturated carbocycles. The van der Waals surface area contributed by atoms with Crippen LogP contribution in [0, 0.1) is 11.6 Å². The molecule has 2 aliphatic heterocycles. The highest BCUT2D eigenvalue weighted by Gasteiger charge is 2.43. The predicted octanol–water partition coefficient (Wildman–Crippen LogP) is 2.84. The van der Waals surface area contributed by atoms with Gasteiger partial charge in [-0.3, -0.25) is 0 Å². The number of fused-ring (bicyclic) bond motifs is 1. The maximum absolute atomic E-state index is 13.7. The average Bonchev–Trinajstić information content (AvgIpc) is 2.84. The Morgan fingerprint density at radius 1 is 1.42 bits per heavy atom. The van der Waals surface area contributed by atoms with Gasteiger partial charge >= 0.3 is 5.97 Å². The van der Waals surface area contributed by atoms with Crippen molar-refractivity contribution in [1.29, 1.82) is 0 Å². The van der Waals surface area contributed by atoms with Crippen molar-refractivity contribution < 1.29 is 23.4 Å². The third kappa shape index (κ3) is 2.77. The first kappa shape index (κ1) is 16.2. The fourth-order valence-electron chi connectivity index (χ4n) is 2.64. The number of halogens is 2. The molecule has 2 heterocycles. The zero-order valence-electron chi connectivity index (χ0n) is 13.2. The third-order valence-electron chi connectivity index (χ3n) is 3.94. The van der Waals surface area contributed by atoms with Gasteiger partial charge in [0.2, 0.25) is 0 Å². The Bertz CT molecular complexity index is 781. The number of hydrogen-bond acceptors (Lipinski definition) is 4. The van der Waals surface area contributed by atoms with E-state index in [1.54, 1.807) is 17.2 Å². The molecular weight excluding hydrogens is 318 g/mol. The molecule has 0 radical (unpaired) electrons. The molecule has 2 aliphatic rings. The van der Waals surface area contributed by atoms with Gasteiger partial charge in [0.1, 0.15) is 18.2 Å². The van der Waals surface area contributed by atoms with Gasteiger partial charge in [-0.2, -0.15) is 0 Å². The topological polar surface area (TPSA) is 62.1 Å². The highest BCUT2D eigenvalue weighted by Crippen LogP contribution is 2.29. The van der Waals surface area contributed by atoms with Gasteiger partial charge in [-0.05, 0) is 37.6 Å². The van der Waals surface area contributed by atoms with Crippen molar-refractivity contribution in [2.24, 2.45) is 4.99 Å². The quantitative estimate of drug-likeness (QED) is 0.920. The Kier molecular flexibility index (Phi) is 3.87. The van der Waals surface area contributed by atoms with Crippen LogP contribution in [0.2, 0.25) is 0 Å². The molecule has 0 bridgehead atoms. The molecule has 1 aromatic rings. The number of ether oxygens (including phenoxy) is 1. The number of hydrogen-bond donors (Lipinski definition) is 1. The summed E-state index contributed by atoms with van der Waals surface area (Å²) in [7, 11) is 0. The van der Waals surface area contributed by atoms with Crippen molar-refractivity contribution in [3.8, 4) is 0 Å². The van der Waals surface area contributed by atoms with E-state index < -0.39 is 23.1 Å². The van der Waals surface area contributed by atoms with Crippen molar-refractivity contribution >= 4 is 11.8 Å². The highest BCUT2D eigenvalue weighted by atomic mass is 19.1. The van der Waals surface area contributed by atoms with Crippen LogP contribution in [0.25, 0.3) is 0 Å². The second-order valence-electron chi connectivity index (χ2n) is 6.01. The number of carbonyl (C=O) groups is 1. The molecule has 0 aromatic heterocycles. The summed E-state index contributed by atoms with van der Waals surface area (Å²) in [5, 5.41) is 9.34. The van der Waals surface area contributed by atoms with E-state index in [-0.39, 0.29) is 18.7 Å². The minimum atomic E-state index is -1.29. The normalized spacial score (nSPS) is 22.5. The van der Waals surface area contributed by atoms with Crippen molar-refractivity contribution in [1.82, 2.24) is 4.90 Å². The van der Waals surface area contributed by atoms with E-state index in [1.165, 1.54) is 13.0 Å². The molecule has 0 spiro atoms. The van der Waals surface area contributed by atoms with E-state index >= 15 is 0 Å². The lowest BCUT2D eigenvalue weighted by molar-refractivity contribution is -0.142. The van der Waals surface area contributed by atoms with Crippen molar-refractivity contribution in [3.63, 3.8) is 0 Å². The smallest absolute Gasteiger partial charge is 0.333 e. The van der Waals surface area contributed by atoms with E-state index in [1.807, 2.05) is 6.92 Å². The summed E-state index contributed by atoms with van der Waals surface area (Å²) >= 11 is 0. The maximum atomic E-state index is 13.7. The largest absolute Gasteiger partial charge is 0.485 e. The van der Waals surface area contributed by atoms with Crippen molar-refractivity contribution in [2.45, 2.75) is 26.0 Å². The molecule has 24 heavy (non-hydrogen) atoms. The lowest BCUT2D eigenvalue weighted by atomic mass is 10.1. The molecule has 0 amide bonds. The average molecular weight is 334 g/mol. The monoisotopic (exact) mass is 334 g/mol. The van der Waals surface area contributed by atoms with Crippen LogP contribution in [-0.2, 0) is 16.1 Å². The summed E-state index contributed by atoms with van der Waals surface area (Å²) in [6.45, 7) is 3.19. The molecule has 1 unspecified atom stereocenters. The minimum Gasteiger partial charge on any atom is -0.485 e. The maximum Gasteiger partial charge on any atom is 0.333 e. The summed E-state index contributed by atoms with van der Waals surface area (Å²) in [6, 6.07) is 3.59. The van der Waals surface area contributed by atoms with Gasteiger partial charge in [0, 0.05) is 6.20 Å². The standard InChI is InChI=1S/C17H16F2N2O3/c1-10-6-14(24-8-11-12(18)4-3-5-13(11)19)15-20-17(2,16(22)23)9-21(15)7-10/h3-7H,8-9H2,1-2H3,(H,22,23). The van der Waals surface area contributed by atoms with Gasteiger partial charge in [0.15, 0.2) is 17.1 Å². The molecule has 0 aliphatic carbocycles. The van der Waals surface area contributed by atoms with Crippen LogP contribution in [-0.4, -0.2) is 33.9 Å². The minimum absolute atomic E-state index is 0.170. The summed E-state index contributed by atoms with van der Waals surface area (Å²) in [4.78, 5) is 17.3. The number of amidine groups is 1. The van der Waals surface area contributed by atoms with E-state index in [2.05, 4.69) is 4.99 Å². The number of aliphatic carboxylic acids is 1. The molecule has 1 atom stereocenters. The second-order valence-corrected chi connectivity index (χ2v) is 6.01. The van der Waals surface area contributed by atoms with Crippen LogP contribution >= 0.6 is 0 Å². The van der Waals surface area contributed by atoms with Gasteiger partial charge in [0.05, 0.1) is 12.1 Å². The summed E-state index contributed by atoms with van der Waals surface area (Å²) in [5.74, 6) is -1.79. The molecule has 126 valence electrons. The van der Waals surface area contributed by atoms with Crippen LogP contribution in [0.5, 0.6) is 0 Å². The van der Waals surface area contributed by atoms with E-state index in [9.17, 15) is 18.7 Å². The van der Waals surface area contributed by atoms with E-state index in [0.717, 1.165) is 17.7 Å². The van der Waals surface area contributed by atoms with Crippen LogP contribution in [0.15, 0.2) is 46.8 Å². The lowest BCUT2D eigenvalue weighted by Gasteiger charge is -2.24. The number of carboxylic acid groups (broad SMARTS) is 1. The molecule has 7 heteroatoms. The second kappa shape index (κ2) is 5.74. The van der Waals surface area contributed by atoms with Gasteiger partial charge < -0.3 is 14.7 Å². The Balaban J connectivity index is 1.87. The summed E-state index contributed by atoms with van der Waals surface area (Å²) in [5.41, 5.74) is -0.647. The van der Waals surface area contributed by atoms with Gasteiger partial charge in [0.25, 0.3) is 0 Å². The first-order valence-electron chi connectivity index (χ1n) is 7.36. The van der Waals surface area contributed by atoms with Crippen molar-refractivity contribution in [2.75, 3.05) is 6.54 Å². The first-order chi connectivity index (χ1) is 11.3.